The van der Waals surface area contributed by atoms with E-state index in [9.17, 15) is 4.79 Å². The van der Waals surface area contributed by atoms with E-state index in [4.69, 9.17) is 0 Å². The van der Waals surface area contributed by atoms with Gasteiger partial charge in [-0.05, 0) is 47.2 Å². The van der Waals surface area contributed by atoms with Crippen LogP contribution < -0.4 is 5.32 Å². The van der Waals surface area contributed by atoms with Crippen molar-refractivity contribution in [3.05, 3.63) is 29.3 Å². The maximum Gasteiger partial charge on any atom is 0.234 e. The third kappa shape index (κ3) is 4.21. The standard InChI is InChI=1S/C18H25N5OS/c1-3-13-8-7-9-14(4-2)17(13)19-16(24)12-25-18-20-21-22-23(18)15-10-5-6-11-15/h7-9,15H,3-6,10-12H2,1-2H3,(H,19,24). The topological polar surface area (TPSA) is 72.7 Å². The predicted molar refractivity (Wildman–Crippen MR) is 99.9 cm³/mol. The molecular formula is C18H25N5OS. The van der Waals surface area contributed by atoms with Crippen LogP contribution in [0.3, 0.4) is 0 Å². The fourth-order valence-electron chi connectivity index (χ4n) is 3.37. The summed E-state index contributed by atoms with van der Waals surface area (Å²) in [5.74, 6) is 0.301. The number of rotatable bonds is 7. The van der Waals surface area contributed by atoms with Crippen molar-refractivity contribution in [2.24, 2.45) is 0 Å². The number of carbonyl (C=O) groups excluding carboxylic acids is 1. The molecule has 1 aromatic heterocycles. The van der Waals surface area contributed by atoms with Crippen LogP contribution in [0.1, 0.15) is 56.7 Å². The normalized spacial score (nSPS) is 14.8. The summed E-state index contributed by atoms with van der Waals surface area (Å²) < 4.78 is 1.89. The number of nitrogens with one attached hydrogen (secondary N) is 1. The first kappa shape index (κ1) is 17.9. The molecule has 1 amide bonds. The highest BCUT2D eigenvalue weighted by atomic mass is 32.2. The van der Waals surface area contributed by atoms with Crippen LogP contribution in [0.4, 0.5) is 5.69 Å². The van der Waals surface area contributed by atoms with E-state index in [1.54, 1.807) is 0 Å². The first-order valence-electron chi connectivity index (χ1n) is 9.04. The zero-order chi connectivity index (χ0) is 17.6. The van der Waals surface area contributed by atoms with Gasteiger partial charge in [0.1, 0.15) is 0 Å². The van der Waals surface area contributed by atoms with E-state index < -0.39 is 0 Å². The van der Waals surface area contributed by atoms with Gasteiger partial charge >= 0.3 is 0 Å². The van der Waals surface area contributed by atoms with Crippen molar-refractivity contribution >= 4 is 23.4 Å². The molecule has 0 spiro atoms. The van der Waals surface area contributed by atoms with Crippen molar-refractivity contribution < 1.29 is 4.79 Å². The zero-order valence-corrected chi connectivity index (χ0v) is 15.7. The first-order valence-corrected chi connectivity index (χ1v) is 10.0. The summed E-state index contributed by atoms with van der Waals surface area (Å²) in [6, 6.07) is 6.58. The van der Waals surface area contributed by atoms with Gasteiger partial charge in [0.05, 0.1) is 11.8 Å². The van der Waals surface area contributed by atoms with E-state index in [-0.39, 0.29) is 5.91 Å². The van der Waals surface area contributed by atoms with E-state index in [0.29, 0.717) is 11.8 Å². The van der Waals surface area contributed by atoms with E-state index in [0.717, 1.165) is 36.5 Å². The summed E-state index contributed by atoms with van der Waals surface area (Å²) in [5, 5.41) is 15.8. The molecule has 25 heavy (non-hydrogen) atoms. The van der Waals surface area contributed by atoms with Crippen molar-refractivity contribution in [2.45, 2.75) is 63.6 Å². The van der Waals surface area contributed by atoms with Crippen LogP contribution in [0.2, 0.25) is 0 Å². The molecule has 1 N–H and O–H groups in total. The Morgan fingerprint density at radius 3 is 2.56 bits per heavy atom. The zero-order valence-electron chi connectivity index (χ0n) is 14.9. The minimum atomic E-state index is -0.0124. The van der Waals surface area contributed by atoms with Crippen molar-refractivity contribution in [2.75, 3.05) is 11.1 Å². The van der Waals surface area contributed by atoms with E-state index in [1.165, 1.54) is 35.7 Å². The molecule has 7 heteroatoms. The molecule has 6 nitrogen and oxygen atoms in total. The van der Waals surface area contributed by atoms with Crippen molar-refractivity contribution in [1.29, 1.82) is 0 Å². The van der Waals surface area contributed by atoms with E-state index >= 15 is 0 Å². The van der Waals surface area contributed by atoms with Crippen molar-refractivity contribution in [3.63, 3.8) is 0 Å². The van der Waals surface area contributed by atoms with Gasteiger partial charge in [-0.25, -0.2) is 4.68 Å². The minimum Gasteiger partial charge on any atom is -0.325 e. The number of hydrogen-bond donors (Lipinski definition) is 1. The molecule has 3 rings (SSSR count). The molecule has 1 heterocycles. The number of anilines is 1. The molecule has 134 valence electrons. The summed E-state index contributed by atoms with van der Waals surface area (Å²) in [5.41, 5.74) is 3.32. The molecule has 0 bridgehead atoms. The number of para-hydroxylation sites is 1. The highest BCUT2D eigenvalue weighted by molar-refractivity contribution is 7.99. The lowest BCUT2D eigenvalue weighted by atomic mass is 10.0. The molecule has 2 aromatic rings. The summed E-state index contributed by atoms with van der Waals surface area (Å²) >= 11 is 1.41. The number of nitrogens with zero attached hydrogens (tertiary/aromatic N) is 4. The second-order valence-corrected chi connectivity index (χ2v) is 7.28. The molecule has 0 radical (unpaired) electrons. The smallest absolute Gasteiger partial charge is 0.234 e. The summed E-state index contributed by atoms with van der Waals surface area (Å²) in [6.07, 6.45) is 6.49. The van der Waals surface area contributed by atoms with Crippen LogP contribution in [0.5, 0.6) is 0 Å². The fraction of sp³-hybridized carbons (Fsp3) is 0.556. The predicted octanol–water partition coefficient (Wildman–Crippen LogP) is 3.64. The number of tetrazole rings is 1. The molecular weight excluding hydrogens is 334 g/mol. The molecule has 1 aliphatic carbocycles. The van der Waals surface area contributed by atoms with Crippen molar-refractivity contribution in [1.82, 2.24) is 20.2 Å². The third-order valence-electron chi connectivity index (χ3n) is 4.73. The van der Waals surface area contributed by atoms with Crippen molar-refractivity contribution in [3.8, 4) is 0 Å². The molecule has 1 aliphatic rings. The molecule has 0 unspecified atom stereocenters. The van der Waals surface area contributed by atoms with Gasteiger partial charge in [0.25, 0.3) is 0 Å². The number of aryl methyl sites for hydroxylation is 2. The summed E-state index contributed by atoms with van der Waals surface area (Å²) in [7, 11) is 0. The molecule has 1 aromatic carbocycles. The number of aromatic nitrogens is 4. The maximum atomic E-state index is 12.5. The summed E-state index contributed by atoms with van der Waals surface area (Å²) in [6.45, 7) is 4.21. The lowest BCUT2D eigenvalue weighted by molar-refractivity contribution is -0.113. The molecule has 0 saturated heterocycles. The lowest BCUT2D eigenvalue weighted by Gasteiger charge is -2.14. The Bertz CT molecular complexity index is 702. The van der Waals surface area contributed by atoms with Gasteiger partial charge in [-0.3, -0.25) is 4.79 Å². The second-order valence-electron chi connectivity index (χ2n) is 6.34. The Morgan fingerprint density at radius 2 is 1.92 bits per heavy atom. The van der Waals surface area contributed by atoms with Gasteiger partial charge < -0.3 is 5.32 Å². The highest BCUT2D eigenvalue weighted by Gasteiger charge is 2.22. The van der Waals surface area contributed by atoms with Crippen LogP contribution in [-0.4, -0.2) is 31.9 Å². The Hall–Kier alpha value is -1.89. The lowest BCUT2D eigenvalue weighted by Crippen LogP contribution is -2.17. The number of thioether (sulfide) groups is 1. The number of amides is 1. The fourth-order valence-corrected chi connectivity index (χ4v) is 4.11. The first-order chi connectivity index (χ1) is 12.2. The van der Waals surface area contributed by atoms with Gasteiger partial charge in [-0.1, -0.05) is 56.7 Å². The molecule has 1 saturated carbocycles. The van der Waals surface area contributed by atoms with Crippen LogP contribution in [-0.2, 0) is 17.6 Å². The van der Waals surface area contributed by atoms with E-state index in [1.807, 2.05) is 4.68 Å². The quantitative estimate of drug-likeness (QED) is 0.764. The Labute approximate surface area is 152 Å². The monoisotopic (exact) mass is 359 g/mol. The third-order valence-corrected chi connectivity index (χ3v) is 5.66. The average molecular weight is 359 g/mol. The van der Waals surface area contributed by atoms with Crippen LogP contribution in [0.25, 0.3) is 0 Å². The average Bonchev–Trinajstić information content (AvgIpc) is 3.31. The van der Waals surface area contributed by atoms with E-state index in [2.05, 4.69) is 52.9 Å². The highest BCUT2D eigenvalue weighted by Crippen LogP contribution is 2.31. The van der Waals surface area contributed by atoms with Crippen LogP contribution in [0.15, 0.2) is 23.4 Å². The van der Waals surface area contributed by atoms with Gasteiger partial charge in [0.15, 0.2) is 0 Å². The van der Waals surface area contributed by atoms with Gasteiger partial charge in [0.2, 0.25) is 11.1 Å². The second kappa shape index (κ2) is 8.47. The Balaban J connectivity index is 1.64. The Morgan fingerprint density at radius 1 is 1.24 bits per heavy atom. The number of hydrogen-bond acceptors (Lipinski definition) is 5. The van der Waals surface area contributed by atoms with Gasteiger partial charge in [-0.2, -0.15) is 0 Å². The van der Waals surface area contributed by atoms with Gasteiger partial charge in [-0.15, -0.1) is 5.10 Å². The van der Waals surface area contributed by atoms with Gasteiger partial charge in [0, 0.05) is 5.69 Å². The summed E-state index contributed by atoms with van der Waals surface area (Å²) in [4.78, 5) is 12.5. The van der Waals surface area contributed by atoms with Crippen LogP contribution in [0, 0.1) is 0 Å². The molecule has 0 atom stereocenters. The Kier molecular flexibility index (Phi) is 6.07. The minimum absolute atomic E-state index is 0.0124. The van der Waals surface area contributed by atoms with Crippen LogP contribution >= 0.6 is 11.8 Å². The molecule has 1 fully saturated rings. The maximum absolute atomic E-state index is 12.5. The largest absolute Gasteiger partial charge is 0.325 e. The molecule has 0 aliphatic heterocycles. The number of carbonyl (C=O) groups is 1. The number of benzene rings is 1. The SMILES string of the molecule is CCc1cccc(CC)c1NC(=O)CSc1nnnn1C1CCCC1.